The number of carbonyl (C=O) groups is 1. The minimum Gasteiger partial charge on any atom is -0.361 e. The van der Waals surface area contributed by atoms with Gasteiger partial charge in [-0.05, 0) is 38.8 Å². The molecule has 2 aliphatic rings. The van der Waals surface area contributed by atoms with Crippen LogP contribution in [0.4, 0.5) is 5.69 Å². The van der Waals surface area contributed by atoms with E-state index >= 15 is 0 Å². The van der Waals surface area contributed by atoms with Crippen LogP contribution in [0, 0.1) is 13.8 Å². The number of hydrogen-bond acceptors (Lipinski definition) is 5. The second kappa shape index (κ2) is 7.82. The van der Waals surface area contributed by atoms with Gasteiger partial charge in [-0.15, -0.1) is 0 Å². The van der Waals surface area contributed by atoms with E-state index < -0.39 is 0 Å². The first kappa shape index (κ1) is 18.2. The van der Waals surface area contributed by atoms with Crippen molar-refractivity contribution in [2.24, 2.45) is 0 Å². The number of hydrogen-bond donors (Lipinski definition) is 0. The molecule has 0 spiro atoms. The zero-order valence-electron chi connectivity index (χ0n) is 16.2. The van der Waals surface area contributed by atoms with Crippen molar-refractivity contribution in [3.8, 4) is 0 Å². The first-order valence-electron chi connectivity index (χ1n) is 9.88. The Morgan fingerprint density at radius 1 is 1.07 bits per heavy atom. The predicted molar refractivity (Wildman–Crippen MR) is 105 cm³/mol. The van der Waals surface area contributed by atoms with Gasteiger partial charge in [0.05, 0.1) is 11.7 Å². The van der Waals surface area contributed by atoms with E-state index in [-0.39, 0.29) is 11.9 Å². The van der Waals surface area contributed by atoms with Gasteiger partial charge in [0.25, 0.3) is 0 Å². The average molecular weight is 368 g/mol. The van der Waals surface area contributed by atoms with Crippen LogP contribution in [0.25, 0.3) is 0 Å². The van der Waals surface area contributed by atoms with E-state index in [9.17, 15) is 4.79 Å². The third-order valence-electron chi connectivity index (χ3n) is 5.95. The van der Waals surface area contributed by atoms with Crippen molar-refractivity contribution in [3.05, 3.63) is 47.3 Å². The Kier molecular flexibility index (Phi) is 5.27. The smallest absolute Gasteiger partial charge is 0.244 e. The molecule has 1 aromatic carbocycles. The quantitative estimate of drug-likeness (QED) is 0.810. The first-order valence-corrected chi connectivity index (χ1v) is 9.88. The van der Waals surface area contributed by atoms with E-state index in [1.165, 1.54) is 5.56 Å². The maximum Gasteiger partial charge on any atom is 0.244 e. The van der Waals surface area contributed by atoms with Crippen molar-refractivity contribution in [1.82, 2.24) is 15.0 Å². The molecule has 27 heavy (non-hydrogen) atoms. The molecular weight excluding hydrogens is 340 g/mol. The van der Waals surface area contributed by atoms with Crippen LogP contribution >= 0.6 is 0 Å². The van der Waals surface area contributed by atoms with Crippen molar-refractivity contribution >= 4 is 11.6 Å². The molecule has 2 fully saturated rings. The second-order valence-electron chi connectivity index (χ2n) is 7.56. The minimum atomic E-state index is 0.0370. The second-order valence-corrected chi connectivity index (χ2v) is 7.56. The maximum atomic E-state index is 12.9. The van der Waals surface area contributed by atoms with Gasteiger partial charge in [-0.25, -0.2) is 0 Å². The molecule has 0 radical (unpaired) electrons. The van der Waals surface area contributed by atoms with Crippen molar-refractivity contribution in [3.63, 3.8) is 0 Å². The number of nitrogens with zero attached hydrogens (tertiary/aromatic N) is 4. The average Bonchev–Trinajstić information content (AvgIpc) is 3.23. The van der Waals surface area contributed by atoms with Gasteiger partial charge in [0.2, 0.25) is 5.91 Å². The van der Waals surface area contributed by atoms with Crippen LogP contribution in [-0.4, -0.2) is 66.2 Å². The zero-order chi connectivity index (χ0) is 18.8. The van der Waals surface area contributed by atoms with Crippen LogP contribution < -0.4 is 4.90 Å². The third-order valence-corrected chi connectivity index (χ3v) is 5.95. The molecule has 0 bridgehead atoms. The van der Waals surface area contributed by atoms with Gasteiger partial charge in [0, 0.05) is 50.5 Å². The van der Waals surface area contributed by atoms with Crippen molar-refractivity contribution in [1.29, 1.82) is 0 Å². The van der Waals surface area contributed by atoms with Gasteiger partial charge in [-0.2, -0.15) is 0 Å². The number of carbonyl (C=O) groups excluding carboxylic acids is 1. The van der Waals surface area contributed by atoms with Crippen LogP contribution in [0.3, 0.4) is 0 Å². The molecule has 2 aromatic rings. The molecule has 6 heteroatoms. The van der Waals surface area contributed by atoms with Gasteiger partial charge in [-0.3, -0.25) is 9.69 Å². The monoisotopic (exact) mass is 368 g/mol. The number of anilines is 1. The summed E-state index contributed by atoms with van der Waals surface area (Å²) in [5.74, 6) is 1.19. The van der Waals surface area contributed by atoms with Gasteiger partial charge < -0.3 is 14.3 Å². The summed E-state index contributed by atoms with van der Waals surface area (Å²) in [5, 5.41) is 4.04. The van der Waals surface area contributed by atoms with Gasteiger partial charge in [0.15, 0.2) is 0 Å². The summed E-state index contributed by atoms with van der Waals surface area (Å²) in [6.45, 7) is 9.77. The van der Waals surface area contributed by atoms with E-state index in [0.717, 1.165) is 69.3 Å². The van der Waals surface area contributed by atoms with Gasteiger partial charge in [0.1, 0.15) is 5.76 Å². The highest BCUT2D eigenvalue weighted by Gasteiger charge is 2.37. The summed E-state index contributed by atoms with van der Waals surface area (Å²) in [5.41, 5.74) is 3.26. The zero-order valence-corrected chi connectivity index (χ0v) is 16.2. The molecule has 3 heterocycles. The summed E-state index contributed by atoms with van der Waals surface area (Å²) in [6.07, 6.45) is 1.90. The van der Waals surface area contributed by atoms with E-state index in [2.05, 4.69) is 15.0 Å². The SMILES string of the molecule is Cc1noc(C)c1CCN1CCN(C2CCN(c3ccccc3)C2=O)CC1. The predicted octanol–water partition coefficient (Wildman–Crippen LogP) is 2.26. The Morgan fingerprint density at radius 2 is 1.81 bits per heavy atom. The lowest BCUT2D eigenvalue weighted by Crippen LogP contribution is -2.52. The Bertz CT molecular complexity index is 761. The van der Waals surface area contributed by atoms with E-state index in [1.54, 1.807) is 0 Å². The fraction of sp³-hybridized carbons (Fsp3) is 0.524. The number of benzene rings is 1. The van der Waals surface area contributed by atoms with Crippen LogP contribution in [0.5, 0.6) is 0 Å². The summed E-state index contributed by atoms with van der Waals surface area (Å²) in [6, 6.07) is 10.1. The summed E-state index contributed by atoms with van der Waals surface area (Å²) in [7, 11) is 0. The highest BCUT2D eigenvalue weighted by molar-refractivity contribution is 5.99. The van der Waals surface area contributed by atoms with Crippen LogP contribution in [0.2, 0.25) is 0 Å². The highest BCUT2D eigenvalue weighted by Crippen LogP contribution is 2.25. The van der Waals surface area contributed by atoms with E-state index in [0.29, 0.717) is 0 Å². The fourth-order valence-corrected chi connectivity index (χ4v) is 4.30. The Balaban J connectivity index is 1.29. The first-order chi connectivity index (χ1) is 13.1. The van der Waals surface area contributed by atoms with E-state index in [1.807, 2.05) is 49.1 Å². The standard InChI is InChI=1S/C21H28N4O2/c1-16-19(17(2)27-22-16)8-10-23-12-14-24(15-13-23)20-9-11-25(21(20)26)18-6-4-3-5-7-18/h3-7,20H,8-15H2,1-2H3. The van der Waals surface area contributed by atoms with Gasteiger partial charge in [-0.1, -0.05) is 23.4 Å². The number of piperazine rings is 1. The molecule has 2 saturated heterocycles. The molecule has 1 atom stereocenters. The Labute approximate surface area is 160 Å². The lowest BCUT2D eigenvalue weighted by atomic mass is 10.1. The van der Waals surface area contributed by atoms with Crippen molar-refractivity contribution in [2.75, 3.05) is 44.2 Å². The minimum absolute atomic E-state index is 0.0370. The largest absolute Gasteiger partial charge is 0.361 e. The molecule has 1 amide bonds. The lowest BCUT2D eigenvalue weighted by Gasteiger charge is -2.37. The molecule has 1 aromatic heterocycles. The molecule has 1 unspecified atom stereocenters. The van der Waals surface area contributed by atoms with Crippen LogP contribution in [-0.2, 0) is 11.2 Å². The topological polar surface area (TPSA) is 52.8 Å². The summed E-state index contributed by atoms with van der Waals surface area (Å²) in [4.78, 5) is 19.7. The molecule has 144 valence electrons. The Hall–Kier alpha value is -2.18. The molecule has 6 nitrogen and oxygen atoms in total. The molecular formula is C21H28N4O2. The van der Waals surface area contributed by atoms with Crippen LogP contribution in [0.15, 0.2) is 34.9 Å². The summed E-state index contributed by atoms with van der Waals surface area (Å²) >= 11 is 0. The van der Waals surface area contributed by atoms with Crippen molar-refractivity contribution in [2.45, 2.75) is 32.7 Å². The van der Waals surface area contributed by atoms with Crippen molar-refractivity contribution < 1.29 is 9.32 Å². The fourth-order valence-electron chi connectivity index (χ4n) is 4.30. The van der Waals surface area contributed by atoms with Crippen LogP contribution in [0.1, 0.15) is 23.4 Å². The number of aromatic nitrogens is 1. The maximum absolute atomic E-state index is 12.9. The van der Waals surface area contributed by atoms with Gasteiger partial charge >= 0.3 is 0 Å². The molecule has 0 aliphatic carbocycles. The highest BCUT2D eigenvalue weighted by atomic mass is 16.5. The lowest BCUT2D eigenvalue weighted by molar-refractivity contribution is -0.122. The van der Waals surface area contributed by atoms with E-state index in [4.69, 9.17) is 4.52 Å². The molecule has 0 N–H and O–H groups in total. The summed E-state index contributed by atoms with van der Waals surface area (Å²) < 4.78 is 5.26. The molecule has 4 rings (SSSR count). The normalized spacial score (nSPS) is 21.9. The third kappa shape index (κ3) is 3.77. The molecule has 0 saturated carbocycles. The number of aryl methyl sites for hydroxylation is 2. The number of para-hydroxylation sites is 1. The Morgan fingerprint density at radius 3 is 2.48 bits per heavy atom. The number of amides is 1. The molecule has 2 aliphatic heterocycles. The number of rotatable bonds is 5.